The molecule has 17 heavy (non-hydrogen) atoms. The van der Waals surface area contributed by atoms with Crippen molar-refractivity contribution in [3.8, 4) is 0 Å². The number of benzene rings is 1. The molecule has 1 saturated carbocycles. The normalized spacial score (nSPS) is 26.0. The predicted molar refractivity (Wildman–Crippen MR) is 73.0 cm³/mol. The van der Waals surface area contributed by atoms with Crippen LogP contribution in [0.2, 0.25) is 5.02 Å². The molecule has 2 nitrogen and oxygen atoms in total. The standard InChI is InChI=1S/C13H18ClNOS/c1-2-15-11-5-8-13(9-11)17(16)12-6-3-10(14)4-7-12/h3-4,6-7,11,13,15H,2,5,8-9H2,1H3. The van der Waals surface area contributed by atoms with Gasteiger partial charge in [0.25, 0.3) is 0 Å². The molecular weight excluding hydrogens is 254 g/mol. The first-order chi connectivity index (χ1) is 8.20. The number of halogens is 1. The van der Waals surface area contributed by atoms with Gasteiger partial charge in [0.15, 0.2) is 0 Å². The third kappa shape index (κ3) is 3.30. The zero-order chi connectivity index (χ0) is 12.3. The first kappa shape index (κ1) is 13.1. The average Bonchev–Trinajstić information content (AvgIpc) is 2.78. The van der Waals surface area contributed by atoms with E-state index in [2.05, 4.69) is 12.2 Å². The van der Waals surface area contributed by atoms with Gasteiger partial charge in [-0.1, -0.05) is 18.5 Å². The molecular formula is C13H18ClNOS. The lowest BCUT2D eigenvalue weighted by Gasteiger charge is -2.12. The molecule has 1 aromatic carbocycles. The zero-order valence-corrected chi connectivity index (χ0v) is 11.6. The highest BCUT2D eigenvalue weighted by molar-refractivity contribution is 7.85. The fraction of sp³-hybridized carbons (Fsp3) is 0.538. The zero-order valence-electron chi connectivity index (χ0n) is 9.99. The quantitative estimate of drug-likeness (QED) is 0.912. The Morgan fingerprint density at radius 1 is 1.35 bits per heavy atom. The lowest BCUT2D eigenvalue weighted by molar-refractivity contribution is 0.542. The second-order valence-corrected chi connectivity index (χ2v) is 6.61. The van der Waals surface area contributed by atoms with Crippen molar-refractivity contribution in [2.75, 3.05) is 6.54 Å². The van der Waals surface area contributed by atoms with E-state index in [0.29, 0.717) is 16.3 Å². The maximum absolute atomic E-state index is 12.3. The monoisotopic (exact) mass is 271 g/mol. The SMILES string of the molecule is CCNC1CCC(S(=O)c2ccc(Cl)cc2)C1. The minimum absolute atomic E-state index is 0.292. The molecule has 2 rings (SSSR count). The van der Waals surface area contributed by atoms with Crippen molar-refractivity contribution < 1.29 is 4.21 Å². The van der Waals surface area contributed by atoms with Gasteiger partial charge in [0.05, 0.1) is 10.8 Å². The smallest absolute Gasteiger partial charge is 0.0561 e. The van der Waals surface area contributed by atoms with E-state index in [1.165, 1.54) is 0 Å². The van der Waals surface area contributed by atoms with Gasteiger partial charge in [0.1, 0.15) is 0 Å². The summed E-state index contributed by atoms with van der Waals surface area (Å²) >= 11 is 5.83. The van der Waals surface area contributed by atoms with E-state index in [1.54, 1.807) is 0 Å². The fourth-order valence-electron chi connectivity index (χ4n) is 2.37. The maximum atomic E-state index is 12.3. The van der Waals surface area contributed by atoms with E-state index >= 15 is 0 Å². The van der Waals surface area contributed by atoms with Crippen molar-refractivity contribution in [3.05, 3.63) is 29.3 Å². The summed E-state index contributed by atoms with van der Waals surface area (Å²) < 4.78 is 12.3. The van der Waals surface area contributed by atoms with Crippen LogP contribution >= 0.6 is 11.6 Å². The maximum Gasteiger partial charge on any atom is 0.0561 e. The molecule has 1 aliphatic rings. The van der Waals surface area contributed by atoms with E-state index in [-0.39, 0.29) is 0 Å². The Morgan fingerprint density at radius 3 is 2.71 bits per heavy atom. The Bertz CT molecular complexity index is 393. The van der Waals surface area contributed by atoms with Crippen LogP contribution in [-0.4, -0.2) is 22.0 Å². The largest absolute Gasteiger partial charge is 0.314 e. The van der Waals surface area contributed by atoms with Crippen LogP contribution in [0.3, 0.4) is 0 Å². The second kappa shape index (κ2) is 5.98. The second-order valence-electron chi connectivity index (χ2n) is 4.44. The Kier molecular flexibility index (Phi) is 4.60. The van der Waals surface area contributed by atoms with Crippen LogP contribution in [-0.2, 0) is 10.8 Å². The van der Waals surface area contributed by atoms with Crippen LogP contribution in [0.4, 0.5) is 0 Å². The van der Waals surface area contributed by atoms with Gasteiger partial charge in [0, 0.05) is 21.2 Å². The van der Waals surface area contributed by atoms with Gasteiger partial charge in [0.2, 0.25) is 0 Å². The van der Waals surface area contributed by atoms with Gasteiger partial charge in [-0.25, -0.2) is 0 Å². The van der Waals surface area contributed by atoms with Gasteiger partial charge in [-0.05, 0) is 50.1 Å². The molecule has 0 aromatic heterocycles. The lowest BCUT2D eigenvalue weighted by Crippen LogP contribution is -2.27. The molecule has 0 amide bonds. The predicted octanol–water partition coefficient (Wildman–Crippen LogP) is 2.98. The Labute approximate surface area is 110 Å². The molecule has 0 radical (unpaired) electrons. The van der Waals surface area contributed by atoms with Crippen LogP contribution in [0.15, 0.2) is 29.2 Å². The minimum atomic E-state index is -0.890. The number of hydrogen-bond donors (Lipinski definition) is 1. The van der Waals surface area contributed by atoms with Crippen molar-refractivity contribution in [1.29, 1.82) is 0 Å². The minimum Gasteiger partial charge on any atom is -0.314 e. The van der Waals surface area contributed by atoms with E-state index in [1.807, 2.05) is 24.3 Å². The van der Waals surface area contributed by atoms with Crippen LogP contribution in [0.1, 0.15) is 26.2 Å². The van der Waals surface area contributed by atoms with Gasteiger partial charge < -0.3 is 5.32 Å². The van der Waals surface area contributed by atoms with Crippen molar-refractivity contribution in [3.63, 3.8) is 0 Å². The van der Waals surface area contributed by atoms with E-state index in [9.17, 15) is 4.21 Å². The van der Waals surface area contributed by atoms with Crippen molar-refractivity contribution in [1.82, 2.24) is 5.32 Å². The summed E-state index contributed by atoms with van der Waals surface area (Å²) in [5.41, 5.74) is 0. The Morgan fingerprint density at radius 2 is 2.06 bits per heavy atom. The summed E-state index contributed by atoms with van der Waals surface area (Å²) in [6.45, 7) is 3.11. The molecule has 1 aromatic rings. The first-order valence-electron chi connectivity index (χ1n) is 6.10. The molecule has 1 N–H and O–H groups in total. The molecule has 94 valence electrons. The molecule has 1 aliphatic carbocycles. The van der Waals surface area contributed by atoms with Crippen LogP contribution < -0.4 is 5.32 Å². The van der Waals surface area contributed by atoms with Gasteiger partial charge in [-0.15, -0.1) is 0 Å². The van der Waals surface area contributed by atoms with E-state index in [0.717, 1.165) is 30.7 Å². The summed E-state index contributed by atoms with van der Waals surface area (Å²) in [4.78, 5) is 0.900. The average molecular weight is 272 g/mol. The first-order valence-corrected chi connectivity index (χ1v) is 7.69. The highest BCUT2D eigenvalue weighted by Gasteiger charge is 2.28. The molecule has 3 atom stereocenters. The molecule has 1 fully saturated rings. The van der Waals surface area contributed by atoms with Crippen LogP contribution in [0.25, 0.3) is 0 Å². The molecule has 4 heteroatoms. The third-order valence-corrected chi connectivity index (χ3v) is 5.25. The lowest BCUT2D eigenvalue weighted by atomic mass is 10.2. The van der Waals surface area contributed by atoms with Crippen molar-refractivity contribution >= 4 is 22.4 Å². The summed E-state index contributed by atoms with van der Waals surface area (Å²) in [6, 6.07) is 7.91. The van der Waals surface area contributed by atoms with Gasteiger partial charge in [-0.3, -0.25) is 4.21 Å². The topological polar surface area (TPSA) is 29.1 Å². The fourth-order valence-corrected chi connectivity index (χ4v) is 4.04. The molecule has 0 saturated heterocycles. The van der Waals surface area contributed by atoms with Crippen molar-refractivity contribution in [2.24, 2.45) is 0 Å². The summed E-state index contributed by atoms with van der Waals surface area (Å²) in [6.07, 6.45) is 3.20. The molecule has 0 heterocycles. The highest BCUT2D eigenvalue weighted by atomic mass is 35.5. The summed E-state index contributed by atoms with van der Waals surface area (Å²) in [5, 5.41) is 4.42. The van der Waals surface area contributed by atoms with Gasteiger partial charge in [-0.2, -0.15) is 0 Å². The van der Waals surface area contributed by atoms with E-state index < -0.39 is 10.8 Å². The molecule has 0 spiro atoms. The molecule has 0 bridgehead atoms. The number of hydrogen-bond acceptors (Lipinski definition) is 2. The highest BCUT2D eigenvalue weighted by Crippen LogP contribution is 2.27. The molecule has 0 aliphatic heterocycles. The summed E-state index contributed by atoms with van der Waals surface area (Å²) in [7, 11) is -0.890. The van der Waals surface area contributed by atoms with E-state index in [4.69, 9.17) is 11.6 Å². The Balaban J connectivity index is 1.99. The van der Waals surface area contributed by atoms with Crippen LogP contribution in [0.5, 0.6) is 0 Å². The van der Waals surface area contributed by atoms with Gasteiger partial charge >= 0.3 is 0 Å². The summed E-state index contributed by atoms with van der Waals surface area (Å²) in [5.74, 6) is 0. The molecule has 3 unspecified atom stereocenters. The third-order valence-electron chi connectivity index (χ3n) is 3.23. The van der Waals surface area contributed by atoms with Crippen LogP contribution in [0, 0.1) is 0 Å². The number of nitrogens with one attached hydrogen (secondary N) is 1. The van der Waals surface area contributed by atoms with Crippen molar-refractivity contribution in [2.45, 2.75) is 42.4 Å². The number of rotatable bonds is 4. The Hall–Kier alpha value is -0.380.